The van der Waals surface area contributed by atoms with Gasteiger partial charge in [-0.25, -0.2) is 4.98 Å². The molecule has 0 saturated heterocycles. The van der Waals surface area contributed by atoms with Gasteiger partial charge in [0.05, 0.1) is 12.1 Å². The van der Waals surface area contributed by atoms with Gasteiger partial charge in [-0.1, -0.05) is 0 Å². The van der Waals surface area contributed by atoms with Crippen LogP contribution in [0.15, 0.2) is 24.3 Å². The number of aromatic nitrogens is 1. The van der Waals surface area contributed by atoms with Crippen LogP contribution in [-0.2, 0) is 11.2 Å². The van der Waals surface area contributed by atoms with E-state index >= 15 is 0 Å². The number of nitrogens with zero attached hydrogens (tertiary/aromatic N) is 1. The highest BCUT2D eigenvalue weighted by molar-refractivity contribution is 7.15. The van der Waals surface area contributed by atoms with E-state index in [0.717, 1.165) is 16.3 Å². The number of carboxylic acid groups (broad SMARTS) is 1. The van der Waals surface area contributed by atoms with Crippen LogP contribution in [0.4, 0.5) is 10.8 Å². The predicted octanol–water partition coefficient (Wildman–Crippen LogP) is 3.02. The van der Waals surface area contributed by atoms with Gasteiger partial charge in [-0.15, -0.1) is 11.3 Å². The number of ketones is 1. The van der Waals surface area contributed by atoms with Crippen molar-refractivity contribution >= 4 is 33.9 Å². The largest absolute Gasteiger partial charge is 0.481 e. The first-order chi connectivity index (χ1) is 9.45. The molecule has 0 bridgehead atoms. The summed E-state index contributed by atoms with van der Waals surface area (Å²) in [5, 5.41) is 12.6. The fourth-order valence-corrected chi connectivity index (χ4v) is 2.67. The number of carbonyl (C=O) groups excluding carboxylic acids is 1. The average molecular weight is 290 g/mol. The molecule has 0 atom stereocenters. The standard InChI is InChI=1S/C14H14N2O3S/c1-8-12(7-13(18)19)20-14(15-8)16-11-5-3-10(4-6-11)9(2)17/h3-6H,7H2,1-2H3,(H,15,16)(H,18,19). The van der Waals surface area contributed by atoms with E-state index in [-0.39, 0.29) is 12.2 Å². The lowest BCUT2D eigenvalue weighted by atomic mass is 10.1. The molecule has 2 rings (SSSR count). The number of benzene rings is 1. The summed E-state index contributed by atoms with van der Waals surface area (Å²) in [5.41, 5.74) is 2.18. The number of thiazole rings is 1. The van der Waals surface area contributed by atoms with Gasteiger partial charge in [0.1, 0.15) is 0 Å². The molecular weight excluding hydrogens is 276 g/mol. The average Bonchev–Trinajstić information content (AvgIpc) is 2.69. The van der Waals surface area contributed by atoms with Crippen molar-refractivity contribution in [1.29, 1.82) is 0 Å². The Kier molecular flexibility index (Phi) is 4.14. The monoisotopic (exact) mass is 290 g/mol. The highest BCUT2D eigenvalue weighted by Gasteiger charge is 2.11. The Labute approximate surface area is 120 Å². The van der Waals surface area contributed by atoms with Crippen LogP contribution in [0.5, 0.6) is 0 Å². The maximum Gasteiger partial charge on any atom is 0.308 e. The second-order valence-corrected chi connectivity index (χ2v) is 5.44. The van der Waals surface area contributed by atoms with Crippen molar-refractivity contribution in [3.8, 4) is 0 Å². The van der Waals surface area contributed by atoms with Crippen molar-refractivity contribution in [3.05, 3.63) is 40.4 Å². The zero-order valence-electron chi connectivity index (χ0n) is 11.1. The summed E-state index contributed by atoms with van der Waals surface area (Å²) in [6.07, 6.45) is -0.0194. The van der Waals surface area contributed by atoms with E-state index in [0.29, 0.717) is 10.7 Å². The van der Waals surface area contributed by atoms with Crippen molar-refractivity contribution in [1.82, 2.24) is 4.98 Å². The third-order valence-corrected chi connectivity index (χ3v) is 3.82. The van der Waals surface area contributed by atoms with Crippen LogP contribution in [-0.4, -0.2) is 21.8 Å². The van der Waals surface area contributed by atoms with Crippen molar-refractivity contribution in [2.45, 2.75) is 20.3 Å². The van der Waals surface area contributed by atoms with Crippen LogP contribution < -0.4 is 5.32 Å². The number of aliphatic carboxylic acids is 1. The molecule has 0 aliphatic rings. The fraction of sp³-hybridized carbons (Fsp3) is 0.214. The maximum atomic E-state index is 11.2. The van der Waals surface area contributed by atoms with E-state index in [9.17, 15) is 9.59 Å². The zero-order valence-corrected chi connectivity index (χ0v) is 12.0. The normalized spacial score (nSPS) is 10.3. The Balaban J connectivity index is 2.13. The highest BCUT2D eigenvalue weighted by atomic mass is 32.1. The lowest BCUT2D eigenvalue weighted by Gasteiger charge is -2.02. The SMILES string of the molecule is CC(=O)c1ccc(Nc2nc(C)c(CC(=O)O)s2)cc1. The molecule has 2 aromatic rings. The molecule has 0 aliphatic carbocycles. The summed E-state index contributed by atoms with van der Waals surface area (Å²) in [4.78, 5) is 26.9. The highest BCUT2D eigenvalue weighted by Crippen LogP contribution is 2.26. The van der Waals surface area contributed by atoms with Crippen LogP contribution >= 0.6 is 11.3 Å². The smallest absolute Gasteiger partial charge is 0.308 e. The molecule has 0 radical (unpaired) electrons. The molecule has 0 saturated carbocycles. The third kappa shape index (κ3) is 3.42. The van der Waals surface area contributed by atoms with Crippen molar-refractivity contribution in [2.75, 3.05) is 5.32 Å². The first kappa shape index (κ1) is 14.2. The Morgan fingerprint density at radius 1 is 1.30 bits per heavy atom. The van der Waals surface area contributed by atoms with E-state index in [2.05, 4.69) is 10.3 Å². The van der Waals surface area contributed by atoms with E-state index in [1.54, 1.807) is 31.2 Å². The van der Waals surface area contributed by atoms with Crippen LogP contribution in [0.1, 0.15) is 27.9 Å². The molecule has 0 fully saturated rings. The Morgan fingerprint density at radius 2 is 1.95 bits per heavy atom. The lowest BCUT2D eigenvalue weighted by molar-refractivity contribution is -0.136. The lowest BCUT2D eigenvalue weighted by Crippen LogP contribution is -1.99. The second kappa shape index (κ2) is 5.83. The summed E-state index contributed by atoms with van der Waals surface area (Å²) in [7, 11) is 0. The van der Waals surface area contributed by atoms with Gasteiger partial charge in [0, 0.05) is 16.1 Å². The first-order valence-electron chi connectivity index (χ1n) is 6.02. The fourth-order valence-electron chi connectivity index (χ4n) is 1.69. The van der Waals surface area contributed by atoms with Gasteiger partial charge < -0.3 is 10.4 Å². The van der Waals surface area contributed by atoms with Gasteiger partial charge in [-0.05, 0) is 38.1 Å². The molecule has 0 amide bonds. The molecule has 5 nitrogen and oxygen atoms in total. The summed E-state index contributed by atoms with van der Waals surface area (Å²) >= 11 is 1.32. The van der Waals surface area contributed by atoms with Gasteiger partial charge in [-0.2, -0.15) is 0 Å². The molecule has 0 unspecified atom stereocenters. The summed E-state index contributed by atoms with van der Waals surface area (Å²) in [6, 6.07) is 7.07. The quantitative estimate of drug-likeness (QED) is 0.827. The molecule has 2 N–H and O–H groups in total. The number of hydrogen-bond acceptors (Lipinski definition) is 5. The second-order valence-electron chi connectivity index (χ2n) is 4.36. The first-order valence-corrected chi connectivity index (χ1v) is 6.83. The van der Waals surface area contributed by atoms with E-state index < -0.39 is 5.97 Å². The molecule has 0 spiro atoms. The minimum atomic E-state index is -0.867. The van der Waals surface area contributed by atoms with Gasteiger partial charge in [0.2, 0.25) is 0 Å². The van der Waals surface area contributed by atoms with Crippen LogP contribution in [0.25, 0.3) is 0 Å². The van der Waals surface area contributed by atoms with Gasteiger partial charge in [0.15, 0.2) is 10.9 Å². The molecule has 1 aromatic carbocycles. The van der Waals surface area contributed by atoms with E-state index in [1.165, 1.54) is 18.3 Å². The molecule has 1 aromatic heterocycles. The molecule has 1 heterocycles. The van der Waals surface area contributed by atoms with Crippen molar-refractivity contribution < 1.29 is 14.7 Å². The number of aryl methyl sites for hydroxylation is 1. The van der Waals surface area contributed by atoms with Crippen molar-refractivity contribution in [3.63, 3.8) is 0 Å². The minimum Gasteiger partial charge on any atom is -0.481 e. The van der Waals surface area contributed by atoms with E-state index in [1.807, 2.05) is 0 Å². The number of Topliss-reactive ketones (excluding diaryl/α,β-unsaturated/α-hetero) is 1. The van der Waals surface area contributed by atoms with E-state index in [4.69, 9.17) is 5.11 Å². The molecule has 0 aliphatic heterocycles. The van der Waals surface area contributed by atoms with Crippen LogP contribution in [0.2, 0.25) is 0 Å². The number of carboxylic acids is 1. The Morgan fingerprint density at radius 3 is 2.50 bits per heavy atom. The summed E-state index contributed by atoms with van der Waals surface area (Å²) < 4.78 is 0. The van der Waals surface area contributed by atoms with Crippen LogP contribution in [0, 0.1) is 6.92 Å². The molecule has 20 heavy (non-hydrogen) atoms. The number of nitrogens with one attached hydrogen (secondary N) is 1. The maximum absolute atomic E-state index is 11.2. The topological polar surface area (TPSA) is 79.3 Å². The zero-order chi connectivity index (χ0) is 14.7. The third-order valence-electron chi connectivity index (χ3n) is 2.75. The van der Waals surface area contributed by atoms with Gasteiger partial charge in [-0.3, -0.25) is 9.59 Å². The van der Waals surface area contributed by atoms with Gasteiger partial charge >= 0.3 is 5.97 Å². The molecule has 104 valence electrons. The van der Waals surface area contributed by atoms with Crippen molar-refractivity contribution in [2.24, 2.45) is 0 Å². The predicted molar refractivity (Wildman–Crippen MR) is 77.9 cm³/mol. The minimum absolute atomic E-state index is 0.0189. The number of carbonyl (C=O) groups is 2. The van der Waals surface area contributed by atoms with Crippen LogP contribution in [0.3, 0.4) is 0 Å². The Hall–Kier alpha value is -2.21. The number of anilines is 2. The van der Waals surface area contributed by atoms with Gasteiger partial charge in [0.25, 0.3) is 0 Å². The summed E-state index contributed by atoms with van der Waals surface area (Å²) in [5.74, 6) is -0.848. The summed E-state index contributed by atoms with van der Waals surface area (Å²) in [6.45, 7) is 3.31. The Bertz CT molecular complexity index is 647. The molecular formula is C14H14N2O3S. The number of hydrogen-bond donors (Lipinski definition) is 2. The molecule has 6 heteroatoms. The number of rotatable bonds is 5.